The van der Waals surface area contributed by atoms with Gasteiger partial charge >= 0.3 is 0 Å². The van der Waals surface area contributed by atoms with Crippen molar-refractivity contribution in [3.63, 3.8) is 0 Å². The number of rotatable bonds is 1. The maximum atomic E-state index is 10.9. The van der Waals surface area contributed by atoms with Crippen LogP contribution in [0.4, 0.5) is 0 Å². The predicted octanol–water partition coefficient (Wildman–Crippen LogP) is 0.0208. The maximum absolute atomic E-state index is 10.9. The summed E-state index contributed by atoms with van der Waals surface area (Å²) in [6.45, 7) is 0. The van der Waals surface area contributed by atoms with E-state index >= 15 is 0 Å². The topological polar surface area (TPSA) is 74.7 Å². The van der Waals surface area contributed by atoms with Crippen molar-refractivity contribution in [3.8, 4) is 0 Å². The summed E-state index contributed by atoms with van der Waals surface area (Å²) in [5.74, 6) is 0.145. The minimum absolute atomic E-state index is 0.0676. The Bertz CT molecular complexity index is 385. The minimum atomic E-state index is -4.13. The van der Waals surface area contributed by atoms with Gasteiger partial charge in [-0.2, -0.15) is 8.42 Å². The second kappa shape index (κ2) is 2.73. The van der Waals surface area contributed by atoms with Gasteiger partial charge in [0.25, 0.3) is 10.1 Å². The van der Waals surface area contributed by atoms with E-state index in [1.807, 2.05) is 0 Å². The van der Waals surface area contributed by atoms with Crippen LogP contribution < -0.4 is 0 Å². The highest BCUT2D eigenvalue weighted by atomic mass is 32.2. The zero-order valence-electron chi connectivity index (χ0n) is 6.50. The van der Waals surface area contributed by atoms with Crippen molar-refractivity contribution >= 4 is 27.8 Å². The first-order valence-corrected chi connectivity index (χ1v) is 6.08. The minimum Gasteiger partial charge on any atom is -0.305 e. The SMILES string of the molecule is O=C1CC2SCC(S(=O)(=O)O)=CN12. The number of hydrogen-bond donors (Lipinski definition) is 1. The van der Waals surface area contributed by atoms with Crippen LogP contribution in [0.25, 0.3) is 0 Å². The van der Waals surface area contributed by atoms with Crippen molar-refractivity contribution in [2.45, 2.75) is 11.8 Å². The molecule has 2 heterocycles. The van der Waals surface area contributed by atoms with Gasteiger partial charge in [0, 0.05) is 12.0 Å². The summed E-state index contributed by atoms with van der Waals surface area (Å²) in [5, 5.41) is 0.0676. The van der Waals surface area contributed by atoms with Crippen LogP contribution >= 0.6 is 11.8 Å². The van der Waals surface area contributed by atoms with E-state index < -0.39 is 10.1 Å². The monoisotopic (exact) mass is 221 g/mol. The van der Waals surface area contributed by atoms with Gasteiger partial charge in [0.05, 0.1) is 16.7 Å². The number of thioether (sulfide) groups is 1. The van der Waals surface area contributed by atoms with Crippen LogP contribution in [0.1, 0.15) is 6.42 Å². The van der Waals surface area contributed by atoms with E-state index in [0.29, 0.717) is 6.42 Å². The summed E-state index contributed by atoms with van der Waals surface area (Å²) >= 11 is 1.35. The lowest BCUT2D eigenvalue weighted by molar-refractivity contribution is -0.137. The molecule has 1 N–H and O–H groups in total. The molecule has 2 aliphatic heterocycles. The number of amides is 1. The van der Waals surface area contributed by atoms with Gasteiger partial charge in [-0.05, 0) is 0 Å². The molecule has 0 saturated carbocycles. The molecule has 72 valence electrons. The van der Waals surface area contributed by atoms with Crippen molar-refractivity contribution in [1.29, 1.82) is 0 Å². The highest BCUT2D eigenvalue weighted by Crippen LogP contribution is 2.36. The molecule has 0 radical (unpaired) electrons. The Balaban J connectivity index is 2.29. The number of carbonyl (C=O) groups is 1. The summed E-state index contributed by atoms with van der Waals surface area (Å²) in [6, 6.07) is 0. The Morgan fingerprint density at radius 1 is 1.62 bits per heavy atom. The van der Waals surface area contributed by atoms with Crippen LogP contribution in [-0.2, 0) is 14.9 Å². The van der Waals surface area contributed by atoms with Gasteiger partial charge in [-0.25, -0.2) is 0 Å². The molecule has 7 heteroatoms. The van der Waals surface area contributed by atoms with E-state index in [-0.39, 0.29) is 21.9 Å². The molecule has 0 aromatic rings. The molecule has 0 aromatic heterocycles. The standard InChI is InChI=1S/C6H7NO4S2/c8-5-1-6-7(5)2-4(3-12-6)13(9,10)11/h2,6H,1,3H2,(H,9,10,11). The molecule has 2 rings (SSSR count). The Morgan fingerprint density at radius 2 is 2.31 bits per heavy atom. The predicted molar refractivity (Wildman–Crippen MR) is 47.3 cm³/mol. The van der Waals surface area contributed by atoms with Gasteiger partial charge in [0.2, 0.25) is 5.91 Å². The number of fused-ring (bicyclic) bond motifs is 1. The van der Waals surface area contributed by atoms with Gasteiger partial charge in [-0.15, -0.1) is 11.8 Å². The first-order chi connectivity index (χ1) is 5.98. The van der Waals surface area contributed by atoms with Gasteiger partial charge in [-0.1, -0.05) is 0 Å². The number of nitrogens with zero attached hydrogens (tertiary/aromatic N) is 1. The highest BCUT2D eigenvalue weighted by molar-refractivity contribution is 8.01. The molecule has 1 unspecified atom stereocenters. The summed E-state index contributed by atoms with van der Waals surface area (Å²) in [6.07, 6.45) is 1.68. The molecule has 1 atom stereocenters. The summed E-state index contributed by atoms with van der Waals surface area (Å²) < 4.78 is 30.1. The zero-order valence-corrected chi connectivity index (χ0v) is 8.14. The second-order valence-corrected chi connectivity index (χ2v) is 5.48. The van der Waals surface area contributed by atoms with E-state index in [1.54, 1.807) is 0 Å². The Hall–Kier alpha value is -0.530. The van der Waals surface area contributed by atoms with E-state index in [2.05, 4.69) is 0 Å². The smallest absolute Gasteiger partial charge is 0.292 e. The largest absolute Gasteiger partial charge is 0.305 e. The van der Waals surface area contributed by atoms with Crippen molar-refractivity contribution in [2.24, 2.45) is 0 Å². The molecule has 1 saturated heterocycles. The molecule has 0 spiro atoms. The molecule has 1 amide bonds. The number of hydrogen-bond acceptors (Lipinski definition) is 4. The van der Waals surface area contributed by atoms with E-state index in [9.17, 15) is 13.2 Å². The van der Waals surface area contributed by atoms with Gasteiger partial charge in [0.15, 0.2) is 0 Å². The average molecular weight is 221 g/mol. The maximum Gasteiger partial charge on any atom is 0.292 e. The lowest BCUT2D eigenvalue weighted by Gasteiger charge is -2.40. The van der Waals surface area contributed by atoms with Crippen LogP contribution in [0.15, 0.2) is 11.1 Å². The number of carbonyl (C=O) groups excluding carboxylic acids is 1. The molecule has 2 aliphatic rings. The summed E-state index contributed by atoms with van der Waals surface area (Å²) in [7, 11) is -4.13. The molecule has 0 aromatic carbocycles. The molecule has 5 nitrogen and oxygen atoms in total. The summed E-state index contributed by atoms with van der Waals surface area (Å²) in [5.41, 5.74) is 0. The third kappa shape index (κ3) is 1.47. The average Bonchev–Trinajstić information content (AvgIpc) is 2.00. The van der Waals surface area contributed by atoms with Crippen LogP contribution in [0.2, 0.25) is 0 Å². The molecular weight excluding hydrogens is 214 g/mol. The molecule has 0 bridgehead atoms. The first kappa shape index (κ1) is 9.04. The van der Waals surface area contributed by atoms with Crippen molar-refractivity contribution in [1.82, 2.24) is 4.90 Å². The normalized spacial score (nSPS) is 27.8. The molecule has 13 heavy (non-hydrogen) atoms. The van der Waals surface area contributed by atoms with Gasteiger partial charge < -0.3 is 4.90 Å². The van der Waals surface area contributed by atoms with E-state index in [1.165, 1.54) is 22.9 Å². The Kier molecular flexibility index (Phi) is 1.90. The quantitative estimate of drug-likeness (QED) is 0.499. The van der Waals surface area contributed by atoms with Gasteiger partial charge in [0.1, 0.15) is 0 Å². The highest BCUT2D eigenvalue weighted by Gasteiger charge is 2.39. The van der Waals surface area contributed by atoms with Crippen LogP contribution in [-0.4, -0.2) is 34.9 Å². The van der Waals surface area contributed by atoms with Gasteiger partial charge in [-0.3, -0.25) is 9.35 Å². The Labute approximate surface area is 79.5 Å². The zero-order chi connectivity index (χ0) is 9.64. The van der Waals surface area contributed by atoms with E-state index in [0.717, 1.165) is 0 Å². The summed E-state index contributed by atoms with van der Waals surface area (Å²) in [4.78, 5) is 12.2. The van der Waals surface area contributed by atoms with Crippen molar-refractivity contribution in [2.75, 3.05) is 5.75 Å². The van der Waals surface area contributed by atoms with Crippen LogP contribution in [0.3, 0.4) is 0 Å². The lowest BCUT2D eigenvalue weighted by Crippen LogP contribution is -2.49. The van der Waals surface area contributed by atoms with Crippen LogP contribution in [0.5, 0.6) is 0 Å². The fourth-order valence-corrected chi connectivity index (χ4v) is 3.28. The fraction of sp³-hybridized carbons (Fsp3) is 0.500. The number of β-lactam (4-membered cyclic amide) rings is 1. The Morgan fingerprint density at radius 3 is 2.85 bits per heavy atom. The van der Waals surface area contributed by atoms with E-state index in [4.69, 9.17) is 4.55 Å². The molecule has 0 aliphatic carbocycles. The van der Waals surface area contributed by atoms with Crippen molar-refractivity contribution in [3.05, 3.63) is 11.1 Å². The third-order valence-electron chi connectivity index (χ3n) is 1.98. The lowest BCUT2D eigenvalue weighted by atomic mass is 10.2. The molecular formula is C6H7NO4S2. The van der Waals surface area contributed by atoms with Crippen LogP contribution in [0, 0.1) is 0 Å². The van der Waals surface area contributed by atoms with Crippen molar-refractivity contribution < 1.29 is 17.8 Å². The first-order valence-electron chi connectivity index (χ1n) is 3.59. The fourth-order valence-electron chi connectivity index (χ4n) is 1.21. The third-order valence-corrected chi connectivity index (χ3v) is 4.33. The molecule has 1 fully saturated rings. The second-order valence-electron chi connectivity index (χ2n) is 2.84.